The van der Waals surface area contributed by atoms with E-state index < -0.39 is 7.60 Å². The van der Waals surface area contributed by atoms with Crippen LogP contribution in [0.15, 0.2) is 34.0 Å². The van der Waals surface area contributed by atoms with E-state index in [1.807, 2.05) is 17.5 Å². The zero-order valence-corrected chi connectivity index (χ0v) is 12.5. The Kier molecular flexibility index (Phi) is 6.50. The molecule has 1 aromatic rings. The van der Waals surface area contributed by atoms with Gasteiger partial charge in [0.25, 0.3) is 0 Å². The maximum absolute atomic E-state index is 12.5. The fourth-order valence-electron chi connectivity index (χ4n) is 1.31. The van der Waals surface area contributed by atoms with Gasteiger partial charge in [0.2, 0.25) is 0 Å². The fraction of sp³-hybridized carbons (Fsp3) is 0.417. The van der Waals surface area contributed by atoms with Gasteiger partial charge < -0.3 is 9.05 Å². The topological polar surface area (TPSA) is 47.9 Å². The Morgan fingerprint density at radius 1 is 1.44 bits per heavy atom. The summed E-state index contributed by atoms with van der Waals surface area (Å²) in [5, 5.41) is 1.96. The molecule has 0 N–H and O–H groups in total. The fourth-order valence-corrected chi connectivity index (χ4v) is 3.43. The summed E-state index contributed by atoms with van der Waals surface area (Å²) in [5.74, 6) is 0. The molecule has 0 aliphatic heterocycles. The Hall–Kier alpha value is -0.740. The molecule has 6 heteroatoms. The van der Waals surface area contributed by atoms with Crippen molar-refractivity contribution in [2.24, 2.45) is 4.99 Å². The Balaban J connectivity index is 2.90. The summed E-state index contributed by atoms with van der Waals surface area (Å²) in [4.78, 5) is 5.22. The molecule has 0 atom stereocenters. The highest BCUT2D eigenvalue weighted by Crippen LogP contribution is 2.56. The molecule has 0 amide bonds. The zero-order chi connectivity index (χ0) is 13.4. The highest BCUT2D eigenvalue weighted by atomic mass is 32.1. The van der Waals surface area contributed by atoms with Crippen LogP contribution in [0.3, 0.4) is 0 Å². The van der Waals surface area contributed by atoms with Crippen LogP contribution in [0.5, 0.6) is 0 Å². The summed E-state index contributed by atoms with van der Waals surface area (Å²) in [7, 11) is -3.28. The van der Waals surface area contributed by atoms with Crippen LogP contribution in [0.1, 0.15) is 25.6 Å². The molecular weight excluding hydrogens is 269 g/mol. The first-order valence-electron chi connectivity index (χ1n) is 5.79. The average molecular weight is 287 g/mol. The van der Waals surface area contributed by atoms with Crippen molar-refractivity contribution < 1.29 is 13.6 Å². The van der Waals surface area contributed by atoms with E-state index in [0.717, 1.165) is 4.88 Å². The van der Waals surface area contributed by atoms with Crippen molar-refractivity contribution in [3.8, 4) is 0 Å². The van der Waals surface area contributed by atoms with Crippen LogP contribution in [-0.4, -0.2) is 19.4 Å². The molecule has 0 aromatic carbocycles. The molecule has 0 aliphatic carbocycles. The Morgan fingerprint density at radius 2 is 2.11 bits per heavy atom. The van der Waals surface area contributed by atoms with Crippen molar-refractivity contribution in [2.45, 2.75) is 20.8 Å². The van der Waals surface area contributed by atoms with Crippen LogP contribution in [0.25, 0.3) is 0 Å². The quantitative estimate of drug-likeness (QED) is 0.555. The van der Waals surface area contributed by atoms with Crippen molar-refractivity contribution in [1.29, 1.82) is 0 Å². The first-order valence-corrected chi connectivity index (χ1v) is 8.22. The highest BCUT2D eigenvalue weighted by molar-refractivity contribution is 7.58. The molecule has 0 unspecified atom stereocenters. The standard InChI is InChI=1S/C12H18NO3PS/c1-4-12(13-10-11-8-7-9-18-11)17(14,15-5-2)16-6-3/h4,7-10H,5-6H2,1-3H3/b12-4+,13-10+. The number of allylic oxidation sites excluding steroid dienone is 1. The van der Waals surface area contributed by atoms with Gasteiger partial charge >= 0.3 is 7.60 Å². The van der Waals surface area contributed by atoms with Gasteiger partial charge in [0.15, 0.2) is 0 Å². The molecular formula is C12H18NO3PS. The van der Waals surface area contributed by atoms with Crippen LogP contribution in [0.2, 0.25) is 0 Å². The molecule has 0 saturated heterocycles. The van der Waals surface area contributed by atoms with Gasteiger partial charge in [-0.25, -0.2) is 4.99 Å². The molecule has 0 spiro atoms. The molecule has 4 nitrogen and oxygen atoms in total. The van der Waals surface area contributed by atoms with E-state index in [4.69, 9.17) is 9.05 Å². The minimum absolute atomic E-state index is 0.323. The lowest BCUT2D eigenvalue weighted by Gasteiger charge is -2.16. The molecule has 0 fully saturated rings. The average Bonchev–Trinajstić information content (AvgIpc) is 2.83. The number of thiophene rings is 1. The van der Waals surface area contributed by atoms with Gasteiger partial charge in [0.1, 0.15) is 5.44 Å². The van der Waals surface area contributed by atoms with Crippen LogP contribution in [0.4, 0.5) is 0 Å². The van der Waals surface area contributed by atoms with Gasteiger partial charge in [-0.3, -0.25) is 4.57 Å². The minimum Gasteiger partial charge on any atom is -0.304 e. The van der Waals surface area contributed by atoms with E-state index >= 15 is 0 Å². The number of aliphatic imine (C=N–C) groups is 1. The first kappa shape index (κ1) is 15.3. The Bertz CT molecular complexity index is 444. The first-order chi connectivity index (χ1) is 8.66. The lowest BCUT2D eigenvalue weighted by atomic mass is 10.5. The predicted molar refractivity (Wildman–Crippen MR) is 76.5 cm³/mol. The smallest absolute Gasteiger partial charge is 0.304 e. The van der Waals surface area contributed by atoms with Gasteiger partial charge in [-0.1, -0.05) is 12.1 Å². The van der Waals surface area contributed by atoms with Crippen LogP contribution >= 0.6 is 18.9 Å². The van der Waals surface area contributed by atoms with E-state index in [1.54, 1.807) is 44.4 Å². The normalized spacial score (nSPS) is 13.4. The summed E-state index contributed by atoms with van der Waals surface area (Å²) in [6, 6.07) is 3.87. The molecule has 0 aliphatic rings. The van der Waals surface area contributed by atoms with Crippen molar-refractivity contribution in [3.63, 3.8) is 0 Å². The number of nitrogens with zero attached hydrogens (tertiary/aromatic N) is 1. The lowest BCUT2D eigenvalue weighted by molar-refractivity contribution is 0.226. The maximum Gasteiger partial charge on any atom is 0.379 e. The van der Waals surface area contributed by atoms with Crippen molar-refractivity contribution in [2.75, 3.05) is 13.2 Å². The number of hydrogen-bond acceptors (Lipinski definition) is 5. The van der Waals surface area contributed by atoms with Crippen LogP contribution < -0.4 is 0 Å². The van der Waals surface area contributed by atoms with Gasteiger partial charge in [-0.15, -0.1) is 11.3 Å². The highest BCUT2D eigenvalue weighted by Gasteiger charge is 2.28. The number of rotatable bonds is 7. The second-order valence-electron chi connectivity index (χ2n) is 3.25. The number of hydrogen-bond donors (Lipinski definition) is 0. The van der Waals surface area contributed by atoms with Crippen molar-refractivity contribution in [1.82, 2.24) is 0 Å². The third kappa shape index (κ3) is 4.18. The van der Waals surface area contributed by atoms with E-state index in [-0.39, 0.29) is 0 Å². The summed E-state index contributed by atoms with van der Waals surface area (Å²) in [6.45, 7) is 5.97. The minimum atomic E-state index is -3.28. The monoisotopic (exact) mass is 287 g/mol. The van der Waals surface area contributed by atoms with Crippen LogP contribution in [-0.2, 0) is 13.6 Å². The molecule has 0 radical (unpaired) electrons. The second-order valence-corrected chi connectivity index (χ2v) is 6.20. The van der Waals surface area contributed by atoms with E-state index in [2.05, 4.69) is 4.99 Å². The third-order valence-corrected chi connectivity index (χ3v) is 4.94. The van der Waals surface area contributed by atoms with E-state index in [0.29, 0.717) is 18.7 Å². The molecule has 1 aromatic heterocycles. The molecule has 100 valence electrons. The summed E-state index contributed by atoms with van der Waals surface area (Å²) >= 11 is 1.56. The Labute approximate surface area is 112 Å². The van der Waals surface area contributed by atoms with Crippen molar-refractivity contribution in [3.05, 3.63) is 33.9 Å². The van der Waals surface area contributed by atoms with Crippen molar-refractivity contribution >= 4 is 25.1 Å². The predicted octanol–water partition coefficient (Wildman–Crippen LogP) is 4.29. The lowest BCUT2D eigenvalue weighted by Crippen LogP contribution is -1.97. The van der Waals surface area contributed by atoms with Crippen LogP contribution in [0, 0.1) is 0 Å². The largest absolute Gasteiger partial charge is 0.379 e. The second kappa shape index (κ2) is 7.64. The summed E-state index contributed by atoms with van der Waals surface area (Å²) < 4.78 is 23.0. The van der Waals surface area contributed by atoms with Gasteiger partial charge in [0, 0.05) is 11.1 Å². The van der Waals surface area contributed by atoms with E-state index in [9.17, 15) is 4.57 Å². The maximum atomic E-state index is 12.5. The third-order valence-electron chi connectivity index (χ3n) is 2.00. The van der Waals surface area contributed by atoms with Gasteiger partial charge in [-0.05, 0) is 32.2 Å². The molecule has 0 saturated carbocycles. The molecule has 1 heterocycles. The zero-order valence-electron chi connectivity index (χ0n) is 10.8. The summed E-state index contributed by atoms with van der Waals surface area (Å²) in [5.41, 5.74) is 0.347. The van der Waals surface area contributed by atoms with Gasteiger partial charge in [-0.2, -0.15) is 0 Å². The summed E-state index contributed by atoms with van der Waals surface area (Å²) in [6.07, 6.45) is 3.33. The SMILES string of the molecule is C/C=C(\N=C\c1cccs1)P(=O)(OCC)OCC. The molecule has 18 heavy (non-hydrogen) atoms. The molecule has 1 rings (SSSR count). The van der Waals surface area contributed by atoms with E-state index in [1.165, 1.54) is 0 Å². The Morgan fingerprint density at radius 3 is 2.56 bits per heavy atom. The molecule has 0 bridgehead atoms. The van der Waals surface area contributed by atoms with Gasteiger partial charge in [0.05, 0.1) is 13.2 Å².